The van der Waals surface area contributed by atoms with Crippen LogP contribution in [0.1, 0.15) is 23.2 Å². The quantitative estimate of drug-likeness (QED) is 0.769. The van der Waals surface area contributed by atoms with Gasteiger partial charge in [0.2, 0.25) is 10.0 Å². The van der Waals surface area contributed by atoms with Gasteiger partial charge in [0.1, 0.15) is 4.21 Å². The third-order valence-corrected chi connectivity index (χ3v) is 7.72. The lowest BCUT2D eigenvalue weighted by Gasteiger charge is -2.32. The first-order chi connectivity index (χ1) is 12.0. The molecule has 0 bridgehead atoms. The van der Waals surface area contributed by atoms with Crippen molar-refractivity contribution in [2.45, 2.75) is 17.1 Å². The van der Waals surface area contributed by atoms with Crippen molar-refractivity contribution in [1.82, 2.24) is 14.6 Å². The van der Waals surface area contributed by atoms with Crippen LogP contribution in [0.15, 0.2) is 44.7 Å². The highest BCUT2D eigenvalue weighted by atomic mass is 79.9. The number of carbonyl (C=O) groups is 1. The molecule has 1 fully saturated rings. The minimum absolute atomic E-state index is 0.0180. The normalized spacial score (nSPS) is 16.1. The van der Waals surface area contributed by atoms with E-state index >= 15 is 0 Å². The molecule has 1 saturated heterocycles. The second kappa shape index (κ2) is 7.94. The van der Waals surface area contributed by atoms with E-state index < -0.39 is 10.0 Å². The lowest BCUT2D eigenvalue weighted by atomic mass is 9.97. The summed E-state index contributed by atoms with van der Waals surface area (Å²) in [7, 11) is -3.46. The fourth-order valence-corrected chi connectivity index (χ4v) is 5.92. The maximum atomic E-state index is 12.4. The highest BCUT2D eigenvalue weighted by molar-refractivity contribution is 9.11. The van der Waals surface area contributed by atoms with Crippen molar-refractivity contribution in [2.75, 3.05) is 19.6 Å². The summed E-state index contributed by atoms with van der Waals surface area (Å²) < 4.78 is 28.3. The summed E-state index contributed by atoms with van der Waals surface area (Å²) in [5.74, 6) is 0.215. The van der Waals surface area contributed by atoms with E-state index in [4.69, 9.17) is 0 Å². The Labute approximate surface area is 159 Å². The molecule has 0 aliphatic carbocycles. The number of sulfonamides is 1. The second-order valence-electron chi connectivity index (χ2n) is 5.89. The van der Waals surface area contributed by atoms with Gasteiger partial charge in [-0.3, -0.25) is 9.78 Å². The van der Waals surface area contributed by atoms with Crippen molar-refractivity contribution in [3.63, 3.8) is 0 Å². The van der Waals surface area contributed by atoms with Gasteiger partial charge < -0.3 is 4.90 Å². The van der Waals surface area contributed by atoms with E-state index in [-0.39, 0.29) is 11.8 Å². The van der Waals surface area contributed by atoms with Crippen LogP contribution in [-0.2, 0) is 10.0 Å². The molecule has 3 rings (SSSR count). The minimum atomic E-state index is -3.46. The predicted molar refractivity (Wildman–Crippen MR) is 100 cm³/mol. The minimum Gasteiger partial charge on any atom is -0.339 e. The zero-order valence-corrected chi connectivity index (χ0v) is 16.6. The summed E-state index contributed by atoms with van der Waals surface area (Å²) in [5.41, 5.74) is 0.588. The zero-order chi connectivity index (χ0) is 17.9. The van der Waals surface area contributed by atoms with Crippen LogP contribution in [0, 0.1) is 5.92 Å². The van der Waals surface area contributed by atoms with Crippen LogP contribution in [0.3, 0.4) is 0 Å². The first-order valence-corrected chi connectivity index (χ1v) is 11.0. The molecule has 0 atom stereocenters. The van der Waals surface area contributed by atoms with Gasteiger partial charge in [0.15, 0.2) is 0 Å². The van der Waals surface area contributed by atoms with Crippen LogP contribution in [0.5, 0.6) is 0 Å². The van der Waals surface area contributed by atoms with E-state index in [0.29, 0.717) is 29.4 Å². The highest BCUT2D eigenvalue weighted by Crippen LogP contribution is 2.26. The van der Waals surface area contributed by atoms with E-state index in [1.165, 1.54) is 11.3 Å². The van der Waals surface area contributed by atoms with Crippen molar-refractivity contribution < 1.29 is 13.2 Å². The Kier molecular flexibility index (Phi) is 5.88. The molecule has 1 aliphatic rings. The Morgan fingerprint density at radius 3 is 2.68 bits per heavy atom. The van der Waals surface area contributed by atoms with E-state index in [9.17, 15) is 13.2 Å². The second-order valence-corrected chi connectivity index (χ2v) is 10.3. The van der Waals surface area contributed by atoms with Crippen LogP contribution in [0.25, 0.3) is 0 Å². The Morgan fingerprint density at radius 2 is 2.08 bits per heavy atom. The molecular weight excluding hydrogens is 426 g/mol. The summed E-state index contributed by atoms with van der Waals surface area (Å²) in [4.78, 5) is 18.2. The number of pyridine rings is 1. The Balaban J connectivity index is 1.50. The van der Waals surface area contributed by atoms with E-state index in [2.05, 4.69) is 25.6 Å². The molecule has 25 heavy (non-hydrogen) atoms. The standard InChI is InChI=1S/C16H18BrN3O3S2/c17-14-3-4-15(24-14)25(22,23)19-10-12-5-8-20(9-6-12)16(21)13-2-1-7-18-11-13/h1-4,7,11-12,19H,5-6,8-10H2. The highest BCUT2D eigenvalue weighted by Gasteiger charge is 2.25. The average Bonchev–Trinajstić information content (AvgIpc) is 3.08. The van der Waals surface area contributed by atoms with Gasteiger partial charge in [-0.05, 0) is 59.0 Å². The SMILES string of the molecule is O=C(c1cccnc1)N1CCC(CNS(=O)(=O)c2ccc(Br)s2)CC1. The number of amides is 1. The van der Waals surface area contributed by atoms with Gasteiger partial charge in [-0.25, -0.2) is 13.1 Å². The number of carbonyl (C=O) groups excluding carboxylic acids is 1. The maximum absolute atomic E-state index is 12.4. The number of hydrogen-bond donors (Lipinski definition) is 1. The molecule has 1 amide bonds. The molecule has 134 valence electrons. The number of aromatic nitrogens is 1. The number of rotatable bonds is 5. The van der Waals surface area contributed by atoms with Gasteiger partial charge in [-0.1, -0.05) is 0 Å². The first kappa shape index (κ1) is 18.5. The Morgan fingerprint density at radius 1 is 1.32 bits per heavy atom. The molecule has 0 aromatic carbocycles. The average molecular weight is 444 g/mol. The molecule has 1 aliphatic heterocycles. The topological polar surface area (TPSA) is 79.4 Å². The van der Waals surface area contributed by atoms with Crippen molar-refractivity contribution in [2.24, 2.45) is 5.92 Å². The molecule has 0 saturated carbocycles. The van der Waals surface area contributed by atoms with Crippen molar-refractivity contribution in [3.05, 3.63) is 46.0 Å². The van der Waals surface area contributed by atoms with Crippen LogP contribution in [0.2, 0.25) is 0 Å². The van der Waals surface area contributed by atoms with Gasteiger partial charge in [-0.2, -0.15) is 0 Å². The largest absolute Gasteiger partial charge is 0.339 e. The number of nitrogens with zero attached hydrogens (tertiary/aromatic N) is 2. The third kappa shape index (κ3) is 4.66. The number of hydrogen-bond acceptors (Lipinski definition) is 5. The lowest BCUT2D eigenvalue weighted by molar-refractivity contribution is 0.0691. The van der Waals surface area contributed by atoms with Crippen molar-refractivity contribution >= 4 is 43.2 Å². The first-order valence-electron chi connectivity index (χ1n) is 7.90. The number of halogens is 1. The lowest BCUT2D eigenvalue weighted by Crippen LogP contribution is -2.41. The number of nitrogens with one attached hydrogen (secondary N) is 1. The van der Waals surface area contributed by atoms with Gasteiger partial charge in [-0.15, -0.1) is 11.3 Å². The summed E-state index contributed by atoms with van der Waals surface area (Å²) in [5, 5.41) is 0. The molecule has 0 spiro atoms. The Hall–Kier alpha value is -1.29. The number of piperidine rings is 1. The fraction of sp³-hybridized carbons (Fsp3) is 0.375. The van der Waals surface area contributed by atoms with Crippen LogP contribution < -0.4 is 4.72 Å². The van der Waals surface area contributed by atoms with E-state index in [0.717, 1.165) is 16.6 Å². The molecule has 9 heteroatoms. The molecule has 2 aromatic heterocycles. The smallest absolute Gasteiger partial charge is 0.255 e. The van der Waals surface area contributed by atoms with Crippen molar-refractivity contribution in [1.29, 1.82) is 0 Å². The maximum Gasteiger partial charge on any atom is 0.255 e. The van der Waals surface area contributed by atoms with E-state index in [1.54, 1.807) is 41.6 Å². The molecule has 0 unspecified atom stereocenters. The summed E-state index contributed by atoms with van der Waals surface area (Å²) in [6, 6.07) is 6.82. The fourth-order valence-electron chi connectivity index (χ4n) is 2.75. The van der Waals surface area contributed by atoms with Crippen LogP contribution >= 0.6 is 27.3 Å². The molecule has 3 heterocycles. The summed E-state index contributed by atoms with van der Waals surface area (Å²) in [6.45, 7) is 1.65. The third-order valence-electron chi connectivity index (χ3n) is 4.19. The van der Waals surface area contributed by atoms with Gasteiger partial charge in [0, 0.05) is 32.0 Å². The predicted octanol–water partition coefficient (Wildman–Crippen LogP) is 2.74. The number of thiophene rings is 1. The molecule has 1 N–H and O–H groups in total. The van der Waals surface area contributed by atoms with Gasteiger partial charge in [0.25, 0.3) is 5.91 Å². The summed E-state index contributed by atoms with van der Waals surface area (Å²) in [6.07, 6.45) is 4.77. The summed E-state index contributed by atoms with van der Waals surface area (Å²) >= 11 is 4.47. The molecule has 0 radical (unpaired) electrons. The zero-order valence-electron chi connectivity index (χ0n) is 13.4. The van der Waals surface area contributed by atoms with Gasteiger partial charge in [0.05, 0.1) is 9.35 Å². The number of likely N-dealkylation sites (tertiary alicyclic amines) is 1. The Bertz CT molecular complexity index is 831. The van der Waals surface area contributed by atoms with Crippen LogP contribution in [-0.4, -0.2) is 43.8 Å². The van der Waals surface area contributed by atoms with Crippen molar-refractivity contribution in [3.8, 4) is 0 Å². The monoisotopic (exact) mass is 443 g/mol. The molecule has 2 aromatic rings. The van der Waals surface area contributed by atoms with Gasteiger partial charge >= 0.3 is 0 Å². The molecular formula is C16H18BrN3O3S2. The van der Waals surface area contributed by atoms with E-state index in [1.807, 2.05) is 0 Å². The molecule has 6 nitrogen and oxygen atoms in total. The van der Waals surface area contributed by atoms with Crippen LogP contribution in [0.4, 0.5) is 0 Å².